The smallest absolute Gasteiger partial charge is 0.322 e. The molecule has 0 aromatic carbocycles. The van der Waals surface area contributed by atoms with Crippen LogP contribution in [0.4, 0.5) is 0 Å². The van der Waals surface area contributed by atoms with Gasteiger partial charge < -0.3 is 19.9 Å². The van der Waals surface area contributed by atoms with Gasteiger partial charge in [0.2, 0.25) is 5.43 Å². The van der Waals surface area contributed by atoms with Gasteiger partial charge in [0.25, 0.3) is 0 Å². The van der Waals surface area contributed by atoms with Crippen LogP contribution in [0, 0.1) is 0 Å². The van der Waals surface area contributed by atoms with Gasteiger partial charge >= 0.3 is 5.97 Å². The van der Waals surface area contributed by atoms with Crippen LogP contribution in [0.5, 0.6) is 5.75 Å². The molecule has 7 heteroatoms. The number of hydrogen-bond acceptors (Lipinski definition) is 6. The maximum atomic E-state index is 11.2. The molecule has 2 heterocycles. The Hall–Kier alpha value is -1.86. The minimum absolute atomic E-state index is 0.230. The van der Waals surface area contributed by atoms with E-state index in [1.807, 2.05) is 0 Å². The molecular weight excluding hydrogens is 240 g/mol. The monoisotopic (exact) mass is 254 g/mol. The molecule has 1 aliphatic heterocycles. The van der Waals surface area contributed by atoms with Crippen LogP contribution in [-0.2, 0) is 11.3 Å². The van der Waals surface area contributed by atoms with Crippen LogP contribution in [-0.4, -0.2) is 46.8 Å². The third-order valence-corrected chi connectivity index (χ3v) is 2.86. The normalized spacial score (nSPS) is 20.8. The van der Waals surface area contributed by atoms with Crippen LogP contribution >= 0.6 is 0 Å². The summed E-state index contributed by atoms with van der Waals surface area (Å²) in [4.78, 5) is 24.0. The zero-order valence-electron chi connectivity index (χ0n) is 9.63. The number of aliphatic carboxylic acids is 1. The standard InChI is InChI=1S/C11H14N2O5/c14-9-3-7(18-6-10(9)15)5-13-2-1-12-4-8(13)11(16)17/h3,6,8,12,15H,1-2,4-5H2,(H,16,17). The maximum Gasteiger partial charge on any atom is 0.322 e. The summed E-state index contributed by atoms with van der Waals surface area (Å²) in [5.41, 5.74) is -0.529. The number of nitrogens with zero attached hydrogens (tertiary/aromatic N) is 1. The van der Waals surface area contributed by atoms with Crippen molar-refractivity contribution in [2.75, 3.05) is 19.6 Å². The topological polar surface area (TPSA) is 103 Å². The number of piperazine rings is 1. The molecule has 2 rings (SSSR count). The van der Waals surface area contributed by atoms with Crippen molar-refractivity contribution in [3.05, 3.63) is 28.3 Å². The predicted octanol–water partition coefficient (Wildman–Crippen LogP) is -0.796. The largest absolute Gasteiger partial charge is 0.502 e. The highest BCUT2D eigenvalue weighted by Crippen LogP contribution is 2.11. The highest BCUT2D eigenvalue weighted by Gasteiger charge is 2.28. The average molecular weight is 254 g/mol. The minimum Gasteiger partial charge on any atom is -0.502 e. The van der Waals surface area contributed by atoms with E-state index in [4.69, 9.17) is 14.6 Å². The molecule has 1 saturated heterocycles. The van der Waals surface area contributed by atoms with Crippen molar-refractivity contribution in [3.8, 4) is 5.75 Å². The second-order valence-corrected chi connectivity index (χ2v) is 4.12. The van der Waals surface area contributed by atoms with Crippen LogP contribution < -0.4 is 10.7 Å². The van der Waals surface area contributed by atoms with E-state index in [0.717, 1.165) is 6.26 Å². The molecule has 7 nitrogen and oxygen atoms in total. The lowest BCUT2D eigenvalue weighted by Crippen LogP contribution is -2.54. The molecule has 0 amide bonds. The number of rotatable bonds is 3. The Labute approximate surface area is 103 Å². The quantitative estimate of drug-likeness (QED) is 0.649. The number of carboxylic acid groups (broad SMARTS) is 1. The van der Waals surface area contributed by atoms with E-state index in [2.05, 4.69) is 5.32 Å². The van der Waals surface area contributed by atoms with E-state index in [9.17, 15) is 9.59 Å². The van der Waals surface area contributed by atoms with Gasteiger partial charge in [0.05, 0.1) is 6.54 Å². The fourth-order valence-corrected chi connectivity index (χ4v) is 1.91. The summed E-state index contributed by atoms with van der Waals surface area (Å²) in [6.07, 6.45) is 0.968. The van der Waals surface area contributed by atoms with E-state index in [1.54, 1.807) is 4.90 Å². The van der Waals surface area contributed by atoms with Gasteiger partial charge in [0.1, 0.15) is 18.1 Å². The van der Waals surface area contributed by atoms with Gasteiger partial charge in [-0.05, 0) is 0 Å². The van der Waals surface area contributed by atoms with Gasteiger partial charge in [0.15, 0.2) is 5.75 Å². The first-order chi connectivity index (χ1) is 8.58. The van der Waals surface area contributed by atoms with E-state index in [0.29, 0.717) is 25.4 Å². The first kappa shape index (κ1) is 12.6. The Morgan fingerprint density at radius 3 is 3.06 bits per heavy atom. The Morgan fingerprint density at radius 2 is 2.39 bits per heavy atom. The van der Waals surface area contributed by atoms with E-state index < -0.39 is 23.2 Å². The molecular formula is C11H14N2O5. The molecule has 1 aromatic heterocycles. The Morgan fingerprint density at radius 1 is 1.61 bits per heavy atom. The molecule has 0 bridgehead atoms. The number of nitrogens with one attached hydrogen (secondary N) is 1. The highest BCUT2D eigenvalue weighted by atomic mass is 16.4. The van der Waals surface area contributed by atoms with Crippen LogP contribution in [0.15, 0.2) is 21.5 Å². The van der Waals surface area contributed by atoms with Gasteiger partial charge in [-0.25, -0.2) is 0 Å². The summed E-state index contributed by atoms with van der Waals surface area (Å²) in [5, 5.41) is 21.1. The fraction of sp³-hybridized carbons (Fsp3) is 0.455. The van der Waals surface area contributed by atoms with Gasteiger partial charge in [-0.2, -0.15) is 0 Å². The molecule has 1 aromatic rings. The zero-order chi connectivity index (χ0) is 13.1. The van der Waals surface area contributed by atoms with Crippen molar-refractivity contribution in [1.82, 2.24) is 10.2 Å². The lowest BCUT2D eigenvalue weighted by Gasteiger charge is -2.32. The lowest BCUT2D eigenvalue weighted by atomic mass is 10.2. The zero-order valence-corrected chi connectivity index (χ0v) is 9.63. The number of carboxylic acids is 1. The van der Waals surface area contributed by atoms with Gasteiger partial charge in [0, 0.05) is 25.7 Å². The lowest BCUT2D eigenvalue weighted by molar-refractivity contribution is -0.144. The van der Waals surface area contributed by atoms with Crippen molar-refractivity contribution >= 4 is 5.97 Å². The molecule has 0 radical (unpaired) electrons. The first-order valence-electron chi connectivity index (χ1n) is 5.56. The van der Waals surface area contributed by atoms with E-state index >= 15 is 0 Å². The van der Waals surface area contributed by atoms with Crippen molar-refractivity contribution in [1.29, 1.82) is 0 Å². The summed E-state index contributed by atoms with van der Waals surface area (Å²) in [5.74, 6) is -1.02. The molecule has 1 fully saturated rings. The minimum atomic E-state index is -0.914. The summed E-state index contributed by atoms with van der Waals surface area (Å²) in [6.45, 7) is 1.83. The number of hydrogen-bond donors (Lipinski definition) is 3. The van der Waals surface area contributed by atoms with Gasteiger partial charge in [-0.1, -0.05) is 0 Å². The van der Waals surface area contributed by atoms with Crippen molar-refractivity contribution in [3.63, 3.8) is 0 Å². The molecule has 3 N–H and O–H groups in total. The summed E-state index contributed by atoms with van der Waals surface area (Å²) in [7, 11) is 0. The number of aromatic hydroxyl groups is 1. The SMILES string of the molecule is O=C(O)C1CNCCN1Cc1cc(=O)c(O)co1. The fourth-order valence-electron chi connectivity index (χ4n) is 1.91. The molecule has 0 spiro atoms. The average Bonchev–Trinajstić information content (AvgIpc) is 2.34. The van der Waals surface area contributed by atoms with Gasteiger partial charge in [-0.15, -0.1) is 0 Å². The molecule has 98 valence electrons. The van der Waals surface area contributed by atoms with E-state index in [-0.39, 0.29) is 6.54 Å². The maximum absolute atomic E-state index is 11.2. The molecule has 1 aliphatic rings. The summed E-state index contributed by atoms with van der Waals surface area (Å²) < 4.78 is 5.06. The van der Waals surface area contributed by atoms with E-state index in [1.165, 1.54) is 6.07 Å². The Bertz CT molecular complexity index is 498. The molecule has 0 saturated carbocycles. The molecule has 18 heavy (non-hydrogen) atoms. The van der Waals surface area contributed by atoms with Crippen molar-refractivity contribution in [2.24, 2.45) is 0 Å². The van der Waals surface area contributed by atoms with Gasteiger partial charge in [-0.3, -0.25) is 14.5 Å². The third-order valence-electron chi connectivity index (χ3n) is 2.86. The van der Waals surface area contributed by atoms with Crippen molar-refractivity contribution in [2.45, 2.75) is 12.6 Å². The number of carbonyl (C=O) groups is 1. The molecule has 1 unspecified atom stereocenters. The molecule has 0 aliphatic carbocycles. The van der Waals surface area contributed by atoms with Crippen LogP contribution in [0.1, 0.15) is 5.76 Å². The van der Waals surface area contributed by atoms with Crippen LogP contribution in [0.25, 0.3) is 0 Å². The predicted molar refractivity (Wildman–Crippen MR) is 61.3 cm³/mol. The Balaban J connectivity index is 2.13. The second kappa shape index (κ2) is 5.19. The second-order valence-electron chi connectivity index (χ2n) is 4.12. The highest BCUT2D eigenvalue weighted by molar-refractivity contribution is 5.73. The Kier molecular flexibility index (Phi) is 3.63. The first-order valence-corrected chi connectivity index (χ1v) is 5.56. The molecule has 1 atom stereocenters. The third kappa shape index (κ3) is 2.69. The van der Waals surface area contributed by atoms with Crippen molar-refractivity contribution < 1.29 is 19.4 Å². The van der Waals surface area contributed by atoms with Crippen LogP contribution in [0.2, 0.25) is 0 Å². The summed E-state index contributed by atoms with van der Waals surface area (Å²) >= 11 is 0. The summed E-state index contributed by atoms with van der Waals surface area (Å²) in [6, 6.07) is 0.536. The van der Waals surface area contributed by atoms with Crippen LogP contribution in [0.3, 0.4) is 0 Å².